The van der Waals surface area contributed by atoms with Crippen molar-refractivity contribution in [3.63, 3.8) is 0 Å². The van der Waals surface area contributed by atoms with Gasteiger partial charge >= 0.3 is 6.03 Å². The number of hydrogen-bond acceptors (Lipinski definition) is 5. The molecule has 3 aromatic carbocycles. The topological polar surface area (TPSA) is 60.9 Å². The van der Waals surface area contributed by atoms with Crippen molar-refractivity contribution in [2.24, 2.45) is 5.41 Å². The molecule has 3 aliphatic rings. The Hall–Kier alpha value is -3.58. The Kier molecular flexibility index (Phi) is 4.95. The number of hydrogen-bond donors (Lipinski definition) is 0. The molecule has 3 aromatic rings. The number of para-hydroxylation sites is 3. The van der Waals surface area contributed by atoms with Crippen molar-refractivity contribution in [1.82, 2.24) is 0 Å². The lowest BCUT2D eigenvalue weighted by molar-refractivity contribution is -0.142. The first-order valence-electron chi connectivity index (χ1n) is 11.4. The average Bonchev–Trinajstić information content (AvgIpc) is 2.89. The largest absolute Gasteiger partial charge is 0.365 e. The van der Waals surface area contributed by atoms with Crippen molar-refractivity contribution in [3.8, 4) is 0 Å². The summed E-state index contributed by atoms with van der Waals surface area (Å²) in [6.45, 7) is 0.749. The number of rotatable bonds is 2. The van der Waals surface area contributed by atoms with Gasteiger partial charge < -0.3 is 4.90 Å². The van der Waals surface area contributed by atoms with E-state index in [-0.39, 0.29) is 12.5 Å². The van der Waals surface area contributed by atoms with E-state index < -0.39 is 23.3 Å². The van der Waals surface area contributed by atoms with Crippen LogP contribution in [0.4, 0.5) is 21.9 Å². The summed E-state index contributed by atoms with van der Waals surface area (Å²) in [7, 11) is 0. The standard InChI is InChI=1S/C27H23N3O3S/c31-24-27(17-19-9-7-8-14-22(19)28-15-16-34-18-23(27)28)25(32)30(21-12-5-2-6-13-21)26(33)29(24)20-10-3-1-4-11-20/h1-14,23H,15-18H2. The van der Waals surface area contributed by atoms with E-state index in [1.165, 1.54) is 9.80 Å². The van der Waals surface area contributed by atoms with Crippen LogP contribution >= 0.6 is 11.8 Å². The van der Waals surface area contributed by atoms with Gasteiger partial charge in [-0.05, 0) is 42.3 Å². The predicted octanol–water partition coefficient (Wildman–Crippen LogP) is 4.35. The molecule has 0 aromatic heterocycles. The molecule has 1 atom stereocenters. The zero-order valence-electron chi connectivity index (χ0n) is 18.5. The molecule has 2 fully saturated rings. The molecule has 6 rings (SSSR count). The average molecular weight is 470 g/mol. The zero-order valence-corrected chi connectivity index (χ0v) is 19.3. The van der Waals surface area contributed by atoms with Gasteiger partial charge in [0.1, 0.15) is 0 Å². The van der Waals surface area contributed by atoms with E-state index in [1.807, 2.05) is 30.3 Å². The third-order valence-electron chi connectivity index (χ3n) is 7.05. The number of carbonyl (C=O) groups excluding carboxylic acids is 3. The fourth-order valence-electron chi connectivity index (χ4n) is 5.47. The second-order valence-corrected chi connectivity index (χ2v) is 9.95. The Labute approximate surface area is 202 Å². The Morgan fingerprint density at radius 2 is 1.29 bits per heavy atom. The van der Waals surface area contributed by atoms with Crippen LogP contribution in [0.2, 0.25) is 0 Å². The highest BCUT2D eigenvalue weighted by atomic mass is 32.2. The fraction of sp³-hybridized carbons (Fsp3) is 0.222. The minimum atomic E-state index is -1.40. The molecule has 0 N–H and O–H groups in total. The van der Waals surface area contributed by atoms with Crippen LogP contribution in [0.15, 0.2) is 84.9 Å². The Balaban J connectivity index is 1.59. The summed E-state index contributed by atoms with van der Waals surface area (Å²) in [5, 5.41) is 0. The smallest absolute Gasteiger partial charge is 0.342 e. The third-order valence-corrected chi connectivity index (χ3v) is 8.07. The maximum Gasteiger partial charge on any atom is 0.342 e. The highest BCUT2D eigenvalue weighted by Gasteiger charge is 2.65. The highest BCUT2D eigenvalue weighted by Crippen LogP contribution is 2.49. The van der Waals surface area contributed by atoms with Crippen molar-refractivity contribution in [1.29, 1.82) is 0 Å². The summed E-state index contributed by atoms with van der Waals surface area (Å²) in [5.41, 5.74) is 1.58. The van der Waals surface area contributed by atoms with Crippen LogP contribution < -0.4 is 14.7 Å². The van der Waals surface area contributed by atoms with Gasteiger partial charge in [-0.15, -0.1) is 0 Å². The maximum atomic E-state index is 14.4. The number of fused-ring (bicyclic) bond motifs is 4. The van der Waals surface area contributed by atoms with Gasteiger partial charge in [0.2, 0.25) is 0 Å². The van der Waals surface area contributed by atoms with Crippen LogP contribution in [0.25, 0.3) is 0 Å². The number of amides is 4. The van der Waals surface area contributed by atoms with Gasteiger partial charge in [-0.25, -0.2) is 14.6 Å². The number of benzene rings is 3. The van der Waals surface area contributed by atoms with E-state index in [4.69, 9.17) is 0 Å². The molecule has 3 aliphatic heterocycles. The predicted molar refractivity (Wildman–Crippen MR) is 134 cm³/mol. The van der Waals surface area contributed by atoms with Crippen LogP contribution in [0, 0.1) is 5.41 Å². The molecular weight excluding hydrogens is 446 g/mol. The van der Waals surface area contributed by atoms with Crippen LogP contribution in [0.5, 0.6) is 0 Å². The van der Waals surface area contributed by atoms with Gasteiger partial charge in [-0.3, -0.25) is 9.59 Å². The van der Waals surface area contributed by atoms with Gasteiger partial charge in [0.15, 0.2) is 5.41 Å². The van der Waals surface area contributed by atoms with Crippen LogP contribution in [-0.4, -0.2) is 41.9 Å². The number of urea groups is 1. The molecule has 1 spiro atoms. The van der Waals surface area contributed by atoms with Gasteiger partial charge in [0.05, 0.1) is 17.4 Å². The first-order chi connectivity index (χ1) is 16.6. The van der Waals surface area contributed by atoms with E-state index >= 15 is 0 Å². The second-order valence-electron chi connectivity index (χ2n) is 8.80. The lowest BCUT2D eigenvalue weighted by Crippen LogP contribution is -2.74. The van der Waals surface area contributed by atoms with Crippen molar-refractivity contribution in [3.05, 3.63) is 90.5 Å². The van der Waals surface area contributed by atoms with Gasteiger partial charge in [0, 0.05) is 23.7 Å². The number of imide groups is 2. The van der Waals surface area contributed by atoms with Crippen molar-refractivity contribution < 1.29 is 14.4 Å². The molecule has 7 heteroatoms. The minimum absolute atomic E-state index is 0.266. The van der Waals surface area contributed by atoms with E-state index in [1.54, 1.807) is 60.3 Å². The van der Waals surface area contributed by atoms with Gasteiger partial charge in [-0.1, -0.05) is 54.6 Å². The summed E-state index contributed by atoms with van der Waals surface area (Å²) in [4.78, 5) is 47.2. The Morgan fingerprint density at radius 1 is 0.735 bits per heavy atom. The molecule has 6 nitrogen and oxygen atoms in total. The molecule has 3 heterocycles. The Bertz CT molecular complexity index is 1220. The van der Waals surface area contributed by atoms with E-state index in [0.29, 0.717) is 17.1 Å². The zero-order chi connectivity index (χ0) is 23.3. The van der Waals surface area contributed by atoms with Gasteiger partial charge in [0.25, 0.3) is 11.8 Å². The van der Waals surface area contributed by atoms with Crippen LogP contribution in [0.3, 0.4) is 0 Å². The summed E-state index contributed by atoms with van der Waals surface area (Å²) >= 11 is 1.75. The number of carbonyl (C=O) groups is 3. The number of anilines is 3. The molecule has 2 saturated heterocycles. The number of nitrogens with zero attached hydrogens (tertiary/aromatic N) is 3. The van der Waals surface area contributed by atoms with Crippen molar-refractivity contribution >= 4 is 46.7 Å². The molecule has 0 aliphatic carbocycles. The molecule has 170 valence electrons. The van der Waals surface area contributed by atoms with Crippen molar-refractivity contribution in [2.75, 3.05) is 32.8 Å². The third kappa shape index (κ3) is 2.93. The van der Waals surface area contributed by atoms with Gasteiger partial charge in [-0.2, -0.15) is 11.8 Å². The monoisotopic (exact) mass is 469 g/mol. The molecule has 0 saturated carbocycles. The summed E-state index contributed by atoms with van der Waals surface area (Å²) in [5.74, 6) is 0.693. The molecule has 0 radical (unpaired) electrons. The summed E-state index contributed by atoms with van der Waals surface area (Å²) in [6.07, 6.45) is 0.266. The first kappa shape index (κ1) is 21.0. The van der Waals surface area contributed by atoms with Crippen molar-refractivity contribution in [2.45, 2.75) is 12.5 Å². The number of thioether (sulfide) groups is 1. The minimum Gasteiger partial charge on any atom is -0.365 e. The van der Waals surface area contributed by atoms with E-state index in [9.17, 15) is 14.4 Å². The second kappa shape index (κ2) is 8.02. The fourth-order valence-corrected chi connectivity index (χ4v) is 6.65. The van der Waals surface area contributed by atoms with Crippen LogP contribution in [-0.2, 0) is 16.0 Å². The quantitative estimate of drug-likeness (QED) is 0.522. The Morgan fingerprint density at radius 3 is 1.91 bits per heavy atom. The first-order valence-corrected chi connectivity index (χ1v) is 12.5. The molecule has 1 unspecified atom stereocenters. The SMILES string of the molecule is O=C1N(c2ccccc2)C(=O)C2(Cc3ccccc3N3CCSCC32)C(=O)N1c1ccccc1. The van der Waals surface area contributed by atoms with E-state index in [0.717, 1.165) is 23.5 Å². The molecule has 34 heavy (non-hydrogen) atoms. The summed E-state index contributed by atoms with van der Waals surface area (Å²) in [6, 6.07) is 24.9. The lowest BCUT2D eigenvalue weighted by atomic mass is 9.68. The molecular formula is C27H23N3O3S. The van der Waals surface area contributed by atoms with E-state index in [2.05, 4.69) is 11.0 Å². The molecule has 0 bridgehead atoms. The van der Waals surface area contributed by atoms with Crippen LogP contribution in [0.1, 0.15) is 5.56 Å². The highest BCUT2D eigenvalue weighted by molar-refractivity contribution is 7.99. The maximum absolute atomic E-state index is 14.4. The molecule has 4 amide bonds. The summed E-state index contributed by atoms with van der Waals surface area (Å²) < 4.78 is 0. The lowest BCUT2D eigenvalue weighted by Gasteiger charge is -2.55. The number of barbiturate groups is 1. The normalized spacial score (nSPS) is 21.5.